The van der Waals surface area contributed by atoms with E-state index in [-0.39, 0.29) is 23.5 Å². The quantitative estimate of drug-likeness (QED) is 0.735. The number of aromatic nitrogens is 1. The second-order valence-electron chi connectivity index (χ2n) is 5.72. The zero-order chi connectivity index (χ0) is 19.1. The van der Waals surface area contributed by atoms with E-state index in [2.05, 4.69) is 10.3 Å². The van der Waals surface area contributed by atoms with E-state index in [9.17, 15) is 14.0 Å². The molecular formula is C19H22FN3O2S. The Bertz CT molecular complexity index is 800. The van der Waals surface area contributed by atoms with Crippen molar-refractivity contribution in [1.82, 2.24) is 10.3 Å². The fourth-order valence-electron chi connectivity index (χ4n) is 2.40. The maximum Gasteiger partial charge on any atom is 0.244 e. The Labute approximate surface area is 156 Å². The van der Waals surface area contributed by atoms with Crippen LogP contribution < -0.4 is 10.2 Å². The lowest BCUT2D eigenvalue weighted by Crippen LogP contribution is -2.32. The number of para-hydroxylation sites is 1. The molecule has 0 radical (unpaired) electrons. The lowest BCUT2D eigenvalue weighted by Gasteiger charge is -2.18. The molecule has 0 aliphatic carbocycles. The van der Waals surface area contributed by atoms with E-state index in [4.69, 9.17) is 0 Å². The molecule has 0 atom stereocenters. The number of nitrogens with zero attached hydrogens (tertiary/aromatic N) is 2. The van der Waals surface area contributed by atoms with Crippen LogP contribution in [0.2, 0.25) is 0 Å². The highest BCUT2D eigenvalue weighted by atomic mass is 32.1. The van der Waals surface area contributed by atoms with Gasteiger partial charge in [-0.1, -0.05) is 26.0 Å². The van der Waals surface area contributed by atoms with Gasteiger partial charge in [0.1, 0.15) is 5.82 Å². The molecule has 2 rings (SSSR count). The van der Waals surface area contributed by atoms with Gasteiger partial charge in [0.2, 0.25) is 11.8 Å². The molecule has 0 aliphatic rings. The molecule has 0 saturated carbocycles. The van der Waals surface area contributed by atoms with Gasteiger partial charge in [-0.2, -0.15) is 0 Å². The molecule has 1 aromatic carbocycles. The first-order valence-corrected chi connectivity index (χ1v) is 9.33. The Balaban J connectivity index is 2.17. The highest BCUT2D eigenvalue weighted by Gasteiger charge is 2.20. The molecule has 0 fully saturated rings. The third-order valence-corrected chi connectivity index (χ3v) is 4.69. The Morgan fingerprint density at radius 3 is 2.62 bits per heavy atom. The maximum atomic E-state index is 14.1. The molecule has 1 N–H and O–H groups in total. The molecule has 0 unspecified atom stereocenters. The summed E-state index contributed by atoms with van der Waals surface area (Å²) < 4.78 is 14.1. The van der Waals surface area contributed by atoms with E-state index < -0.39 is 5.82 Å². The van der Waals surface area contributed by atoms with E-state index in [1.54, 1.807) is 23.6 Å². The topological polar surface area (TPSA) is 62.3 Å². The first-order valence-electron chi connectivity index (χ1n) is 8.45. The third kappa shape index (κ3) is 4.98. The van der Waals surface area contributed by atoms with Crippen molar-refractivity contribution in [1.29, 1.82) is 0 Å². The van der Waals surface area contributed by atoms with Crippen LogP contribution in [0.5, 0.6) is 0 Å². The van der Waals surface area contributed by atoms with E-state index in [0.717, 1.165) is 12.8 Å². The van der Waals surface area contributed by atoms with Crippen molar-refractivity contribution < 1.29 is 14.0 Å². The highest BCUT2D eigenvalue weighted by Crippen LogP contribution is 2.30. The number of anilines is 2. The van der Waals surface area contributed by atoms with Crippen molar-refractivity contribution in [3.63, 3.8) is 0 Å². The monoisotopic (exact) mass is 375 g/mol. The number of halogens is 1. The van der Waals surface area contributed by atoms with Crippen LogP contribution in [0, 0.1) is 5.82 Å². The van der Waals surface area contributed by atoms with E-state index in [0.29, 0.717) is 10.8 Å². The molecule has 0 aliphatic heterocycles. The largest absolute Gasteiger partial charge is 0.350 e. The molecule has 26 heavy (non-hydrogen) atoms. The molecule has 2 amide bonds. The third-order valence-electron chi connectivity index (χ3n) is 3.85. The van der Waals surface area contributed by atoms with Gasteiger partial charge in [0, 0.05) is 24.4 Å². The van der Waals surface area contributed by atoms with Crippen LogP contribution in [0.25, 0.3) is 6.08 Å². The number of benzene rings is 1. The highest BCUT2D eigenvalue weighted by molar-refractivity contribution is 7.14. The second kappa shape index (κ2) is 9.24. The van der Waals surface area contributed by atoms with Crippen molar-refractivity contribution in [2.75, 3.05) is 4.90 Å². The predicted octanol–water partition coefficient (Wildman–Crippen LogP) is 4.28. The van der Waals surface area contributed by atoms with Crippen LogP contribution in [0.3, 0.4) is 0 Å². The van der Waals surface area contributed by atoms with Gasteiger partial charge in [-0.25, -0.2) is 9.37 Å². The molecule has 2 aromatic rings. The Hall–Kier alpha value is -2.54. The molecule has 0 bridgehead atoms. The number of carbonyl (C=O) groups excluding carboxylic acids is 2. The number of hydrogen-bond acceptors (Lipinski definition) is 4. The number of carbonyl (C=O) groups is 2. The van der Waals surface area contributed by atoms with Gasteiger partial charge in [0.15, 0.2) is 5.13 Å². The van der Waals surface area contributed by atoms with Crippen molar-refractivity contribution in [2.45, 2.75) is 39.7 Å². The molecule has 1 aromatic heterocycles. The van der Waals surface area contributed by atoms with Gasteiger partial charge in [0.25, 0.3) is 0 Å². The number of rotatable bonds is 7. The average Bonchev–Trinajstić information content (AvgIpc) is 3.08. The van der Waals surface area contributed by atoms with Gasteiger partial charge in [0.05, 0.1) is 11.4 Å². The lowest BCUT2D eigenvalue weighted by atomic mass is 10.2. The summed E-state index contributed by atoms with van der Waals surface area (Å²) in [5.41, 5.74) is 0.684. The van der Waals surface area contributed by atoms with Crippen LogP contribution in [0.15, 0.2) is 35.7 Å². The fourth-order valence-corrected chi connectivity index (χ4v) is 3.25. The van der Waals surface area contributed by atoms with E-state index in [1.807, 2.05) is 13.8 Å². The minimum absolute atomic E-state index is 0.146. The maximum absolute atomic E-state index is 14.1. The molecular weight excluding hydrogens is 353 g/mol. The van der Waals surface area contributed by atoms with Crippen molar-refractivity contribution >= 4 is 40.0 Å². The Morgan fingerprint density at radius 1 is 1.31 bits per heavy atom. The van der Waals surface area contributed by atoms with Crippen LogP contribution in [0.1, 0.15) is 39.3 Å². The Kier molecular flexibility index (Phi) is 7.03. The summed E-state index contributed by atoms with van der Waals surface area (Å²) in [6.07, 6.45) is 4.73. The standard InChI is InChI=1S/C19H22FN3O2S/c1-4-14(5-2)21-18(25)11-10-15-12-26-19(22-15)23(13(3)24)17-9-7-6-8-16(17)20/h6-12,14H,4-5H2,1-3H3,(H,21,25). The van der Waals surface area contributed by atoms with Gasteiger partial charge >= 0.3 is 0 Å². The zero-order valence-corrected chi connectivity index (χ0v) is 15.8. The van der Waals surface area contributed by atoms with Gasteiger partial charge in [-0.15, -0.1) is 11.3 Å². The summed E-state index contributed by atoms with van der Waals surface area (Å²) >= 11 is 1.21. The van der Waals surface area contributed by atoms with Gasteiger partial charge in [-0.05, 0) is 31.1 Å². The summed E-state index contributed by atoms with van der Waals surface area (Å²) in [4.78, 5) is 29.5. The van der Waals surface area contributed by atoms with Crippen molar-refractivity contribution in [3.05, 3.63) is 47.2 Å². The molecule has 1 heterocycles. The number of thiazole rings is 1. The van der Waals surface area contributed by atoms with Gasteiger partial charge in [-0.3, -0.25) is 14.5 Å². The van der Waals surface area contributed by atoms with Gasteiger partial charge < -0.3 is 5.32 Å². The first-order chi connectivity index (χ1) is 12.5. The lowest BCUT2D eigenvalue weighted by molar-refractivity contribution is -0.117. The summed E-state index contributed by atoms with van der Waals surface area (Å²) in [6.45, 7) is 5.39. The number of amides is 2. The first kappa shape index (κ1) is 19.8. The van der Waals surface area contributed by atoms with Crippen LogP contribution in [0.4, 0.5) is 15.2 Å². The predicted molar refractivity (Wildman–Crippen MR) is 103 cm³/mol. The summed E-state index contributed by atoms with van der Waals surface area (Å²) in [5.74, 6) is -1.03. The average molecular weight is 375 g/mol. The fraction of sp³-hybridized carbons (Fsp3) is 0.316. The second-order valence-corrected chi connectivity index (χ2v) is 6.55. The van der Waals surface area contributed by atoms with E-state index >= 15 is 0 Å². The summed E-state index contributed by atoms with van der Waals surface area (Å²) in [6, 6.07) is 6.18. The normalized spacial score (nSPS) is 11.1. The smallest absolute Gasteiger partial charge is 0.244 e. The van der Waals surface area contributed by atoms with Crippen LogP contribution in [-0.2, 0) is 9.59 Å². The van der Waals surface area contributed by atoms with Crippen molar-refractivity contribution in [3.8, 4) is 0 Å². The van der Waals surface area contributed by atoms with Crippen molar-refractivity contribution in [2.24, 2.45) is 0 Å². The van der Waals surface area contributed by atoms with Crippen LogP contribution >= 0.6 is 11.3 Å². The number of hydrogen-bond donors (Lipinski definition) is 1. The van der Waals surface area contributed by atoms with E-state index in [1.165, 1.54) is 41.4 Å². The minimum atomic E-state index is -0.500. The zero-order valence-electron chi connectivity index (χ0n) is 15.0. The summed E-state index contributed by atoms with van der Waals surface area (Å²) in [7, 11) is 0. The van der Waals surface area contributed by atoms with Crippen LogP contribution in [-0.4, -0.2) is 22.8 Å². The number of nitrogens with one attached hydrogen (secondary N) is 1. The molecule has 5 nitrogen and oxygen atoms in total. The summed E-state index contributed by atoms with van der Waals surface area (Å²) in [5, 5.41) is 4.97. The molecule has 7 heteroatoms. The molecule has 0 saturated heterocycles. The SMILES string of the molecule is CCC(CC)NC(=O)C=Cc1csc(N(C(C)=O)c2ccccc2F)n1. The Morgan fingerprint density at radius 2 is 2.00 bits per heavy atom. The molecule has 138 valence electrons. The molecule has 0 spiro atoms. The minimum Gasteiger partial charge on any atom is -0.350 e.